The number of piperidine rings is 3. The second kappa shape index (κ2) is 8.37. The van der Waals surface area contributed by atoms with E-state index >= 15 is 0 Å². The lowest BCUT2D eigenvalue weighted by Crippen LogP contribution is -2.62. The summed E-state index contributed by atoms with van der Waals surface area (Å²) in [6, 6.07) is 7.73. The van der Waals surface area contributed by atoms with Gasteiger partial charge in [0.1, 0.15) is 18.1 Å². The second-order valence-electron chi connectivity index (χ2n) is 8.32. The number of carbonyl (C=O) groups is 1. The highest BCUT2D eigenvalue weighted by atomic mass is 16.6. The van der Waals surface area contributed by atoms with Crippen molar-refractivity contribution in [2.24, 2.45) is 5.92 Å². The molecule has 4 aliphatic rings. The van der Waals surface area contributed by atoms with E-state index in [0.29, 0.717) is 48.3 Å². The quantitative estimate of drug-likeness (QED) is 0.779. The van der Waals surface area contributed by atoms with Gasteiger partial charge < -0.3 is 24.5 Å². The fraction of sp³-hybridized carbons (Fsp3) is 0.545. The number of benzene rings is 1. The van der Waals surface area contributed by atoms with E-state index in [0.717, 1.165) is 19.6 Å². The Morgan fingerprint density at radius 2 is 2.07 bits per heavy atom. The Hall–Kier alpha value is -2.42. The zero-order valence-corrected chi connectivity index (χ0v) is 17.2. The van der Waals surface area contributed by atoms with Crippen LogP contribution in [0.4, 0.5) is 0 Å². The number of hydrogen-bond acceptors (Lipinski definition) is 7. The molecule has 0 spiro atoms. The summed E-state index contributed by atoms with van der Waals surface area (Å²) < 4.78 is 17.0. The highest BCUT2D eigenvalue weighted by Gasteiger charge is 2.40. The maximum Gasteiger partial charge on any atom is 0.310 e. The predicted octanol–water partition coefficient (Wildman–Crippen LogP) is 2.34. The predicted molar refractivity (Wildman–Crippen MR) is 110 cm³/mol. The second-order valence-corrected chi connectivity index (χ2v) is 8.32. The first-order valence-electron chi connectivity index (χ1n) is 10.8. The molecule has 1 aromatic carbocycles. The number of hydrogen-bond donors (Lipinski definition) is 2. The lowest BCUT2D eigenvalue weighted by molar-refractivity contribution is 0.00955. The molecular weight excluding hydrogens is 384 g/mol. The van der Waals surface area contributed by atoms with Crippen molar-refractivity contribution in [2.75, 3.05) is 32.8 Å². The molecule has 6 rings (SSSR count). The Kier molecular flexibility index (Phi) is 5.45. The van der Waals surface area contributed by atoms with Gasteiger partial charge in [-0.25, -0.2) is 4.98 Å². The third-order valence-electron chi connectivity index (χ3n) is 6.52. The minimum atomic E-state index is -0.198. The van der Waals surface area contributed by atoms with Crippen molar-refractivity contribution >= 4 is 5.91 Å². The molecule has 5 heterocycles. The number of oxazole rings is 1. The van der Waals surface area contributed by atoms with Gasteiger partial charge >= 0.3 is 5.95 Å². The molecule has 2 N–H and O–H groups in total. The average Bonchev–Trinajstić information content (AvgIpc) is 3.26. The van der Waals surface area contributed by atoms with Gasteiger partial charge in [-0.15, -0.1) is 0 Å². The smallest absolute Gasteiger partial charge is 0.310 e. The molecular formula is C22H28N4O4. The van der Waals surface area contributed by atoms with Gasteiger partial charge in [0.25, 0.3) is 5.91 Å². The summed E-state index contributed by atoms with van der Waals surface area (Å²) >= 11 is 0. The van der Waals surface area contributed by atoms with Gasteiger partial charge in [-0.1, -0.05) is 0 Å². The number of rotatable bonds is 5. The first-order chi connectivity index (χ1) is 14.7. The highest BCUT2D eigenvalue weighted by molar-refractivity contribution is 5.94. The Morgan fingerprint density at radius 1 is 1.27 bits per heavy atom. The molecule has 0 saturated carbocycles. The number of amides is 1. The Morgan fingerprint density at radius 3 is 2.77 bits per heavy atom. The fourth-order valence-corrected chi connectivity index (χ4v) is 4.76. The van der Waals surface area contributed by atoms with E-state index in [2.05, 4.69) is 27.4 Å². The molecule has 1 aromatic heterocycles. The number of carbonyl (C=O) groups excluding carboxylic acids is 1. The normalized spacial score (nSPS) is 30.8. The van der Waals surface area contributed by atoms with Gasteiger partial charge in [-0.3, -0.25) is 9.69 Å². The van der Waals surface area contributed by atoms with Crippen LogP contribution in [0.25, 0.3) is 0 Å². The molecule has 0 aliphatic carbocycles. The van der Waals surface area contributed by atoms with Crippen molar-refractivity contribution in [3.05, 3.63) is 41.9 Å². The number of morpholine rings is 1. The summed E-state index contributed by atoms with van der Waals surface area (Å²) in [5, 5.41) is 6.50. The van der Waals surface area contributed by atoms with Crippen LogP contribution in [0.3, 0.4) is 0 Å². The molecule has 160 valence electrons. The summed E-state index contributed by atoms with van der Waals surface area (Å²) in [6.45, 7) is 6.65. The van der Waals surface area contributed by atoms with Crippen LogP contribution < -0.4 is 15.4 Å². The molecule has 8 heteroatoms. The van der Waals surface area contributed by atoms with Gasteiger partial charge in [0.05, 0.1) is 6.61 Å². The van der Waals surface area contributed by atoms with E-state index in [1.54, 1.807) is 30.5 Å². The average molecular weight is 412 g/mol. The van der Waals surface area contributed by atoms with Crippen molar-refractivity contribution in [1.82, 2.24) is 20.5 Å². The van der Waals surface area contributed by atoms with Gasteiger partial charge in [-0.2, -0.15) is 0 Å². The van der Waals surface area contributed by atoms with E-state index in [9.17, 15) is 4.79 Å². The highest BCUT2D eigenvalue weighted by Crippen LogP contribution is 2.32. The van der Waals surface area contributed by atoms with Crippen LogP contribution in [0.5, 0.6) is 11.7 Å². The largest absolute Gasteiger partial charge is 0.425 e. The lowest BCUT2D eigenvalue weighted by atomic mass is 9.79. The van der Waals surface area contributed by atoms with Crippen LogP contribution in [0, 0.1) is 5.92 Å². The molecule has 4 saturated heterocycles. The molecule has 1 unspecified atom stereocenters. The van der Waals surface area contributed by atoms with Gasteiger partial charge in [0.15, 0.2) is 0 Å². The Labute approximate surface area is 175 Å². The number of ether oxygens (including phenoxy) is 2. The molecule has 1 amide bonds. The lowest BCUT2D eigenvalue weighted by Gasteiger charge is -2.49. The van der Waals surface area contributed by atoms with Crippen LogP contribution in [-0.4, -0.2) is 60.7 Å². The number of aromatic nitrogens is 1. The zero-order chi connectivity index (χ0) is 20.5. The Balaban J connectivity index is 1.19. The summed E-state index contributed by atoms with van der Waals surface area (Å²) in [7, 11) is 0. The van der Waals surface area contributed by atoms with Crippen LogP contribution in [0.1, 0.15) is 42.1 Å². The standard InChI is InChI=1S/C22H28N4O4/c1-14-20(15-6-9-26(14)10-7-15)25-21(27)16-2-4-17(5-3-16)29-19-13-24-22(30-19)18-12-23-8-11-28-18/h2-5,13-15,18,20,23H,6-12H2,1H3,(H,25,27)/t14-,18?,20-/m0/s1. The minimum absolute atomic E-state index is 0.0314. The van der Waals surface area contributed by atoms with Crippen molar-refractivity contribution in [3.8, 4) is 11.7 Å². The molecule has 3 atom stereocenters. The van der Waals surface area contributed by atoms with Crippen LogP contribution in [-0.2, 0) is 4.74 Å². The van der Waals surface area contributed by atoms with Crippen molar-refractivity contribution in [1.29, 1.82) is 0 Å². The zero-order valence-electron chi connectivity index (χ0n) is 17.2. The first kappa shape index (κ1) is 19.5. The van der Waals surface area contributed by atoms with E-state index in [1.807, 2.05) is 0 Å². The maximum atomic E-state index is 12.8. The van der Waals surface area contributed by atoms with Gasteiger partial charge in [-0.05, 0) is 63.0 Å². The topological polar surface area (TPSA) is 88.9 Å². The maximum absolute atomic E-state index is 12.8. The van der Waals surface area contributed by atoms with Crippen LogP contribution in [0.15, 0.2) is 34.9 Å². The fourth-order valence-electron chi connectivity index (χ4n) is 4.76. The van der Waals surface area contributed by atoms with Crippen molar-refractivity contribution < 1.29 is 18.7 Å². The number of nitrogens with zero attached hydrogens (tertiary/aromatic N) is 2. The monoisotopic (exact) mass is 412 g/mol. The third-order valence-corrected chi connectivity index (χ3v) is 6.52. The first-order valence-corrected chi connectivity index (χ1v) is 10.8. The molecule has 8 nitrogen and oxygen atoms in total. The van der Waals surface area contributed by atoms with Crippen molar-refractivity contribution in [3.63, 3.8) is 0 Å². The SMILES string of the molecule is C[C@H]1[C@H](NC(=O)c2ccc(Oc3cnc(C4CNCCO4)o3)cc2)C2CCN1CC2. The van der Waals surface area contributed by atoms with E-state index in [1.165, 1.54) is 12.8 Å². The van der Waals surface area contributed by atoms with E-state index in [4.69, 9.17) is 13.9 Å². The van der Waals surface area contributed by atoms with E-state index < -0.39 is 0 Å². The number of fused-ring (bicyclic) bond motifs is 3. The molecule has 4 aliphatic heterocycles. The summed E-state index contributed by atoms with van der Waals surface area (Å²) in [6.07, 6.45) is 3.69. The number of nitrogens with one attached hydrogen (secondary N) is 2. The van der Waals surface area contributed by atoms with E-state index in [-0.39, 0.29) is 18.1 Å². The summed E-state index contributed by atoms with van der Waals surface area (Å²) in [4.78, 5) is 19.5. The van der Waals surface area contributed by atoms with Crippen LogP contribution in [0.2, 0.25) is 0 Å². The van der Waals surface area contributed by atoms with Crippen LogP contribution >= 0.6 is 0 Å². The van der Waals surface area contributed by atoms with Crippen molar-refractivity contribution in [2.45, 2.75) is 38.0 Å². The summed E-state index contributed by atoms with van der Waals surface area (Å²) in [5.41, 5.74) is 0.630. The molecule has 4 fully saturated rings. The minimum Gasteiger partial charge on any atom is -0.425 e. The molecule has 30 heavy (non-hydrogen) atoms. The van der Waals surface area contributed by atoms with Gasteiger partial charge in [0, 0.05) is 30.7 Å². The molecule has 0 radical (unpaired) electrons. The third kappa shape index (κ3) is 3.95. The summed E-state index contributed by atoms with van der Waals surface area (Å²) in [5.74, 6) is 1.95. The Bertz CT molecular complexity index is 868. The molecule has 2 bridgehead atoms. The molecule has 2 aromatic rings. The van der Waals surface area contributed by atoms with Gasteiger partial charge in [0.2, 0.25) is 5.89 Å².